The van der Waals surface area contributed by atoms with Gasteiger partial charge in [0.05, 0.1) is 0 Å². The molecule has 4 N–H and O–H groups in total. The summed E-state index contributed by atoms with van der Waals surface area (Å²) in [5.41, 5.74) is 10.2. The Bertz CT molecular complexity index is 926. The summed E-state index contributed by atoms with van der Waals surface area (Å²) in [6.45, 7) is 4.27. The minimum atomic E-state index is -0.844. The summed E-state index contributed by atoms with van der Waals surface area (Å²) in [5, 5.41) is 11.3. The van der Waals surface area contributed by atoms with E-state index in [0.717, 1.165) is 28.2 Å². The van der Waals surface area contributed by atoms with Gasteiger partial charge in [0.25, 0.3) is 0 Å². The lowest BCUT2D eigenvalue weighted by molar-refractivity contribution is 0.594. The first kappa shape index (κ1) is 15.4. The van der Waals surface area contributed by atoms with Gasteiger partial charge in [0.2, 0.25) is 5.66 Å². The van der Waals surface area contributed by atoms with Crippen LogP contribution in [0.4, 0.5) is 5.69 Å². The largest absolute Gasteiger partial charge is 0.383 e. The van der Waals surface area contributed by atoms with Gasteiger partial charge in [0, 0.05) is 22.5 Å². The number of anilines is 1. The lowest BCUT2D eigenvalue weighted by Crippen LogP contribution is -2.41. The lowest BCUT2D eigenvalue weighted by atomic mass is 9.92. The molecule has 126 valence electrons. The zero-order valence-electron chi connectivity index (χ0n) is 14.3. The average Bonchev–Trinajstić information content (AvgIpc) is 3.13. The van der Waals surface area contributed by atoms with Crippen LogP contribution in [0, 0.1) is 0 Å². The second-order valence-corrected chi connectivity index (χ2v) is 6.61. The Morgan fingerprint density at radius 3 is 2.44 bits per heavy atom. The van der Waals surface area contributed by atoms with Crippen LogP contribution in [0.1, 0.15) is 42.3 Å². The lowest BCUT2D eigenvalue weighted by Gasteiger charge is -2.35. The standard InChI is InChI=1S/C20H21N5/c1-13(2)17-12-18(25-24-17)20(14-8-4-3-5-9-14)22-16-11-7-6-10-15(16)19(21)23-20/h3-13,22H,1-2H3,(H2,21,23)(H,24,25). The average molecular weight is 331 g/mol. The van der Waals surface area contributed by atoms with Crippen LogP contribution in [0.3, 0.4) is 0 Å². The molecule has 1 aromatic heterocycles. The first-order chi connectivity index (χ1) is 12.1. The summed E-state index contributed by atoms with van der Waals surface area (Å²) in [7, 11) is 0. The van der Waals surface area contributed by atoms with Crippen LogP contribution in [0.15, 0.2) is 65.7 Å². The van der Waals surface area contributed by atoms with Gasteiger partial charge in [-0.2, -0.15) is 5.10 Å². The first-order valence-corrected chi connectivity index (χ1v) is 8.44. The Balaban J connectivity index is 1.94. The van der Waals surface area contributed by atoms with Gasteiger partial charge in [0.15, 0.2) is 0 Å². The maximum Gasteiger partial charge on any atom is 0.202 e. The number of hydrogen-bond donors (Lipinski definition) is 3. The Hall–Kier alpha value is -3.08. The fraction of sp³-hybridized carbons (Fsp3) is 0.200. The highest BCUT2D eigenvalue weighted by molar-refractivity contribution is 6.04. The Labute approximate surface area is 147 Å². The Morgan fingerprint density at radius 1 is 1.00 bits per heavy atom. The van der Waals surface area contributed by atoms with Gasteiger partial charge in [0.1, 0.15) is 11.5 Å². The van der Waals surface area contributed by atoms with Crippen molar-refractivity contribution in [1.29, 1.82) is 0 Å². The van der Waals surface area contributed by atoms with Crippen molar-refractivity contribution in [1.82, 2.24) is 10.2 Å². The SMILES string of the molecule is CC(C)c1cc(C2(c3ccccc3)N=C(N)c3ccccc3N2)n[nH]1. The van der Waals surface area contributed by atoms with Gasteiger partial charge in [-0.1, -0.05) is 56.3 Å². The second kappa shape index (κ2) is 5.77. The number of H-pyrrole nitrogens is 1. The quantitative estimate of drug-likeness (QED) is 0.686. The van der Waals surface area contributed by atoms with Crippen molar-refractivity contribution in [2.75, 3.05) is 5.32 Å². The van der Waals surface area contributed by atoms with Crippen molar-refractivity contribution in [3.05, 3.63) is 83.2 Å². The molecule has 2 heterocycles. The van der Waals surface area contributed by atoms with E-state index in [1.54, 1.807) is 0 Å². The van der Waals surface area contributed by atoms with Crippen molar-refractivity contribution in [3.63, 3.8) is 0 Å². The van der Waals surface area contributed by atoms with Crippen molar-refractivity contribution >= 4 is 11.5 Å². The molecule has 0 bridgehead atoms. The van der Waals surface area contributed by atoms with E-state index in [0.29, 0.717) is 11.8 Å². The highest BCUT2D eigenvalue weighted by Gasteiger charge is 2.40. The third kappa shape index (κ3) is 2.48. The molecule has 0 saturated heterocycles. The Morgan fingerprint density at radius 2 is 1.72 bits per heavy atom. The van der Waals surface area contributed by atoms with Gasteiger partial charge < -0.3 is 11.1 Å². The number of aromatic nitrogens is 2. The third-order valence-electron chi connectivity index (χ3n) is 4.59. The highest BCUT2D eigenvalue weighted by Crippen LogP contribution is 2.39. The summed E-state index contributed by atoms with van der Waals surface area (Å²) >= 11 is 0. The van der Waals surface area contributed by atoms with E-state index >= 15 is 0 Å². The molecule has 1 unspecified atom stereocenters. The number of amidine groups is 1. The molecule has 0 aliphatic carbocycles. The molecule has 2 aromatic carbocycles. The first-order valence-electron chi connectivity index (χ1n) is 8.44. The number of hydrogen-bond acceptors (Lipinski definition) is 4. The molecular formula is C20H21N5. The van der Waals surface area contributed by atoms with Crippen LogP contribution >= 0.6 is 0 Å². The number of aromatic amines is 1. The number of fused-ring (bicyclic) bond motifs is 1. The normalized spacial score (nSPS) is 19.2. The third-order valence-corrected chi connectivity index (χ3v) is 4.59. The predicted molar refractivity (Wildman–Crippen MR) is 101 cm³/mol. The van der Waals surface area contributed by atoms with Gasteiger partial charge >= 0.3 is 0 Å². The highest BCUT2D eigenvalue weighted by atomic mass is 15.2. The molecule has 5 nitrogen and oxygen atoms in total. The molecule has 1 aliphatic heterocycles. The summed E-state index contributed by atoms with van der Waals surface area (Å²) < 4.78 is 0. The van der Waals surface area contributed by atoms with Gasteiger partial charge in [-0.25, -0.2) is 4.99 Å². The number of para-hydroxylation sites is 1. The second-order valence-electron chi connectivity index (χ2n) is 6.61. The minimum absolute atomic E-state index is 0.353. The summed E-state index contributed by atoms with van der Waals surface area (Å²) in [5.74, 6) is 0.860. The summed E-state index contributed by atoms with van der Waals surface area (Å²) in [6.07, 6.45) is 0. The van der Waals surface area contributed by atoms with Crippen molar-refractivity contribution in [3.8, 4) is 0 Å². The smallest absolute Gasteiger partial charge is 0.202 e. The van der Waals surface area contributed by atoms with E-state index in [1.165, 1.54) is 0 Å². The van der Waals surface area contributed by atoms with Crippen molar-refractivity contribution in [2.24, 2.45) is 10.7 Å². The fourth-order valence-electron chi connectivity index (χ4n) is 3.18. The van der Waals surface area contributed by atoms with E-state index in [1.807, 2.05) is 54.6 Å². The molecule has 0 fully saturated rings. The molecule has 0 amide bonds. The molecule has 3 aromatic rings. The molecule has 0 saturated carbocycles. The molecule has 25 heavy (non-hydrogen) atoms. The van der Waals surface area contributed by atoms with Crippen LogP contribution in [0.5, 0.6) is 0 Å². The molecule has 4 rings (SSSR count). The molecule has 0 radical (unpaired) electrons. The van der Waals surface area contributed by atoms with Gasteiger partial charge in [-0.15, -0.1) is 0 Å². The molecular weight excluding hydrogens is 310 g/mol. The van der Waals surface area contributed by atoms with E-state index in [-0.39, 0.29) is 0 Å². The number of nitrogens with one attached hydrogen (secondary N) is 2. The topological polar surface area (TPSA) is 79.1 Å². The zero-order chi connectivity index (χ0) is 17.4. The number of rotatable bonds is 3. The van der Waals surface area contributed by atoms with E-state index in [4.69, 9.17) is 10.7 Å². The predicted octanol–water partition coefficient (Wildman–Crippen LogP) is 3.57. The maximum absolute atomic E-state index is 6.34. The van der Waals surface area contributed by atoms with E-state index in [9.17, 15) is 0 Å². The van der Waals surface area contributed by atoms with Crippen LogP contribution < -0.4 is 11.1 Å². The number of benzene rings is 2. The monoisotopic (exact) mass is 331 g/mol. The van der Waals surface area contributed by atoms with E-state index < -0.39 is 5.66 Å². The van der Waals surface area contributed by atoms with Crippen LogP contribution in [0.25, 0.3) is 0 Å². The van der Waals surface area contributed by atoms with Crippen molar-refractivity contribution in [2.45, 2.75) is 25.4 Å². The number of nitrogens with two attached hydrogens (primary N) is 1. The zero-order valence-corrected chi connectivity index (χ0v) is 14.3. The molecule has 1 aliphatic rings. The number of aliphatic imine (C=N–C) groups is 1. The Kier molecular flexibility index (Phi) is 3.57. The molecule has 0 spiro atoms. The van der Waals surface area contributed by atoms with Crippen LogP contribution in [0.2, 0.25) is 0 Å². The number of nitrogens with zero attached hydrogens (tertiary/aromatic N) is 2. The van der Waals surface area contributed by atoms with E-state index in [2.05, 4.69) is 35.4 Å². The van der Waals surface area contributed by atoms with Crippen molar-refractivity contribution < 1.29 is 0 Å². The van der Waals surface area contributed by atoms with Crippen LogP contribution in [-0.2, 0) is 5.66 Å². The minimum Gasteiger partial charge on any atom is -0.383 e. The maximum atomic E-state index is 6.34. The van der Waals surface area contributed by atoms with Gasteiger partial charge in [-0.05, 0) is 24.1 Å². The molecule has 5 heteroatoms. The fourth-order valence-corrected chi connectivity index (χ4v) is 3.18. The van der Waals surface area contributed by atoms with Gasteiger partial charge in [-0.3, -0.25) is 5.10 Å². The van der Waals surface area contributed by atoms with Crippen LogP contribution in [-0.4, -0.2) is 16.0 Å². The molecule has 1 atom stereocenters. The summed E-state index contributed by atoms with van der Waals surface area (Å²) in [4.78, 5) is 4.87. The summed E-state index contributed by atoms with van der Waals surface area (Å²) in [6, 6.07) is 20.1.